The Morgan fingerprint density at radius 2 is 1.80 bits per heavy atom. The van der Waals surface area contributed by atoms with Gasteiger partial charge in [-0.25, -0.2) is 4.98 Å². The summed E-state index contributed by atoms with van der Waals surface area (Å²) in [5.74, 6) is 3.18. The van der Waals surface area contributed by atoms with Gasteiger partial charge in [-0.3, -0.25) is 0 Å². The number of aromatic amines is 1. The largest absolute Gasteiger partial charge is 0.348 e. The first kappa shape index (κ1) is 11.8. The van der Waals surface area contributed by atoms with Gasteiger partial charge in [0.1, 0.15) is 0 Å². The topological polar surface area (TPSA) is 40.7 Å². The van der Waals surface area contributed by atoms with Crippen molar-refractivity contribution in [2.75, 3.05) is 6.54 Å². The summed E-state index contributed by atoms with van der Waals surface area (Å²) in [5.41, 5.74) is 3.37. The zero-order valence-electron chi connectivity index (χ0n) is 12.2. The predicted octanol–water partition coefficient (Wildman–Crippen LogP) is 3.20. The minimum atomic E-state index is 0.515. The molecule has 4 fully saturated rings. The van der Waals surface area contributed by atoms with Crippen LogP contribution in [0.2, 0.25) is 0 Å². The van der Waals surface area contributed by atoms with Gasteiger partial charge in [0, 0.05) is 18.7 Å². The number of hydrogen-bond donors (Lipinski definition) is 2. The van der Waals surface area contributed by atoms with E-state index in [-0.39, 0.29) is 0 Å². The third-order valence-electron chi connectivity index (χ3n) is 6.65. The van der Waals surface area contributed by atoms with Crippen LogP contribution in [-0.2, 0) is 6.42 Å². The highest BCUT2D eigenvalue weighted by Gasteiger charge is 2.51. The molecular formula is C17H25N3. The van der Waals surface area contributed by atoms with Crippen LogP contribution in [0.1, 0.15) is 62.4 Å². The summed E-state index contributed by atoms with van der Waals surface area (Å²) < 4.78 is 0. The molecule has 6 rings (SSSR count). The highest BCUT2D eigenvalue weighted by molar-refractivity contribution is 5.20. The van der Waals surface area contributed by atoms with E-state index in [0.717, 1.165) is 30.7 Å². The van der Waals surface area contributed by atoms with Crippen LogP contribution >= 0.6 is 0 Å². The molecule has 4 aliphatic carbocycles. The summed E-state index contributed by atoms with van der Waals surface area (Å²) in [6, 6.07) is 0.515. The van der Waals surface area contributed by atoms with Crippen molar-refractivity contribution in [3.8, 4) is 0 Å². The normalized spacial score (nSPS) is 45.6. The van der Waals surface area contributed by atoms with Crippen LogP contribution in [0.3, 0.4) is 0 Å². The molecule has 0 amide bonds. The number of nitrogens with one attached hydrogen (secondary N) is 2. The minimum Gasteiger partial charge on any atom is -0.348 e. The van der Waals surface area contributed by atoms with Crippen LogP contribution in [0.5, 0.6) is 0 Å². The third-order valence-corrected chi connectivity index (χ3v) is 6.65. The molecule has 0 radical (unpaired) electrons. The van der Waals surface area contributed by atoms with Crippen LogP contribution < -0.4 is 5.32 Å². The van der Waals surface area contributed by atoms with E-state index < -0.39 is 0 Å². The van der Waals surface area contributed by atoms with Crippen molar-refractivity contribution < 1.29 is 0 Å². The molecule has 4 bridgehead atoms. The highest BCUT2D eigenvalue weighted by atomic mass is 15.0. The molecule has 108 valence electrons. The van der Waals surface area contributed by atoms with E-state index in [4.69, 9.17) is 0 Å². The fraction of sp³-hybridized carbons (Fsp3) is 0.824. The maximum atomic E-state index is 4.62. The molecule has 1 aliphatic heterocycles. The summed E-state index contributed by atoms with van der Waals surface area (Å²) in [4.78, 5) is 7.96. The second-order valence-electron chi connectivity index (χ2n) is 8.14. The van der Waals surface area contributed by atoms with E-state index in [1.54, 1.807) is 19.3 Å². The molecular weight excluding hydrogens is 246 g/mol. The maximum absolute atomic E-state index is 4.62. The van der Waals surface area contributed by atoms with Crippen molar-refractivity contribution in [2.45, 2.75) is 57.4 Å². The molecule has 0 spiro atoms. The van der Waals surface area contributed by atoms with Crippen molar-refractivity contribution in [3.63, 3.8) is 0 Å². The summed E-state index contributed by atoms with van der Waals surface area (Å²) in [6.45, 7) is 1.12. The van der Waals surface area contributed by atoms with E-state index in [0.29, 0.717) is 11.5 Å². The molecule has 3 nitrogen and oxygen atoms in total. The molecule has 1 unspecified atom stereocenters. The molecule has 3 heteroatoms. The monoisotopic (exact) mass is 271 g/mol. The van der Waals surface area contributed by atoms with Crippen molar-refractivity contribution in [2.24, 2.45) is 23.2 Å². The fourth-order valence-corrected chi connectivity index (χ4v) is 6.44. The first-order chi connectivity index (χ1) is 9.80. The van der Waals surface area contributed by atoms with Crippen LogP contribution in [0, 0.1) is 23.2 Å². The molecule has 2 N–H and O–H groups in total. The quantitative estimate of drug-likeness (QED) is 0.867. The summed E-state index contributed by atoms with van der Waals surface area (Å²) in [5, 5.41) is 3.75. The second-order valence-corrected chi connectivity index (χ2v) is 8.14. The summed E-state index contributed by atoms with van der Waals surface area (Å²) in [6.07, 6.45) is 13.5. The SMILES string of the molecule is c1nc2c([nH]1)CCNC2CC12CC3CC(CC(C3)C1)C2. The number of nitrogens with zero attached hydrogens (tertiary/aromatic N) is 1. The van der Waals surface area contributed by atoms with Crippen LogP contribution in [-0.4, -0.2) is 16.5 Å². The Kier molecular flexibility index (Phi) is 2.41. The van der Waals surface area contributed by atoms with E-state index in [2.05, 4.69) is 15.3 Å². The molecule has 1 aromatic heterocycles. The average Bonchev–Trinajstić information content (AvgIpc) is 2.86. The van der Waals surface area contributed by atoms with Gasteiger partial charge >= 0.3 is 0 Å². The van der Waals surface area contributed by atoms with Crippen molar-refractivity contribution >= 4 is 0 Å². The Morgan fingerprint density at radius 1 is 1.10 bits per heavy atom. The van der Waals surface area contributed by atoms with Gasteiger partial charge in [0.2, 0.25) is 0 Å². The molecule has 20 heavy (non-hydrogen) atoms. The lowest BCUT2D eigenvalue weighted by atomic mass is 9.48. The number of aromatic nitrogens is 2. The van der Waals surface area contributed by atoms with Gasteiger partial charge in [0.25, 0.3) is 0 Å². The maximum Gasteiger partial charge on any atom is 0.0925 e. The average molecular weight is 271 g/mol. The number of imidazole rings is 1. The molecule has 4 saturated carbocycles. The number of fused-ring (bicyclic) bond motifs is 1. The molecule has 0 aromatic carbocycles. The lowest BCUT2D eigenvalue weighted by Crippen LogP contribution is -2.48. The summed E-state index contributed by atoms with van der Waals surface area (Å²) in [7, 11) is 0. The Bertz CT molecular complexity index is 483. The van der Waals surface area contributed by atoms with Gasteiger partial charge in [-0.1, -0.05) is 0 Å². The summed E-state index contributed by atoms with van der Waals surface area (Å²) >= 11 is 0. The lowest BCUT2D eigenvalue weighted by Gasteiger charge is -2.57. The Hall–Kier alpha value is -0.830. The Labute approximate surface area is 120 Å². The standard InChI is InChI=1S/C17H25N3/c1-2-18-15(16-14(1)19-10-20-16)9-17-6-11-3-12(7-17)5-13(4-11)8-17/h10-13,15,18H,1-9H2,(H,19,20). The van der Waals surface area contributed by atoms with Gasteiger partial charge in [-0.15, -0.1) is 0 Å². The molecule has 5 aliphatic rings. The van der Waals surface area contributed by atoms with Crippen LogP contribution in [0.25, 0.3) is 0 Å². The first-order valence-corrected chi connectivity index (χ1v) is 8.55. The smallest absolute Gasteiger partial charge is 0.0925 e. The van der Waals surface area contributed by atoms with Gasteiger partial charge in [0.05, 0.1) is 18.1 Å². The van der Waals surface area contributed by atoms with Gasteiger partial charge in [0.15, 0.2) is 0 Å². The number of hydrogen-bond acceptors (Lipinski definition) is 2. The van der Waals surface area contributed by atoms with Crippen molar-refractivity contribution in [1.29, 1.82) is 0 Å². The third kappa shape index (κ3) is 1.71. The van der Waals surface area contributed by atoms with Gasteiger partial charge < -0.3 is 10.3 Å². The van der Waals surface area contributed by atoms with E-state index in [9.17, 15) is 0 Å². The zero-order valence-corrected chi connectivity index (χ0v) is 12.2. The van der Waals surface area contributed by atoms with E-state index in [1.807, 2.05) is 6.33 Å². The van der Waals surface area contributed by atoms with Crippen LogP contribution in [0.4, 0.5) is 0 Å². The van der Waals surface area contributed by atoms with Crippen molar-refractivity contribution in [1.82, 2.24) is 15.3 Å². The second kappa shape index (κ2) is 4.09. The predicted molar refractivity (Wildman–Crippen MR) is 78.3 cm³/mol. The molecule has 1 atom stereocenters. The highest BCUT2D eigenvalue weighted by Crippen LogP contribution is 2.62. The molecule has 0 saturated heterocycles. The fourth-order valence-electron chi connectivity index (χ4n) is 6.44. The van der Waals surface area contributed by atoms with Gasteiger partial charge in [-0.05, 0) is 68.1 Å². The minimum absolute atomic E-state index is 0.515. The number of rotatable bonds is 2. The van der Waals surface area contributed by atoms with E-state index in [1.165, 1.54) is 37.1 Å². The van der Waals surface area contributed by atoms with E-state index >= 15 is 0 Å². The van der Waals surface area contributed by atoms with Gasteiger partial charge in [-0.2, -0.15) is 0 Å². The number of H-pyrrole nitrogens is 1. The molecule has 1 aromatic rings. The zero-order chi connectivity index (χ0) is 13.2. The molecule has 2 heterocycles. The lowest BCUT2D eigenvalue weighted by molar-refractivity contribution is -0.0627. The Balaban J connectivity index is 1.42. The first-order valence-electron chi connectivity index (χ1n) is 8.55. The Morgan fingerprint density at radius 3 is 2.50 bits per heavy atom. The van der Waals surface area contributed by atoms with Crippen LogP contribution in [0.15, 0.2) is 6.33 Å². The van der Waals surface area contributed by atoms with Crippen molar-refractivity contribution in [3.05, 3.63) is 17.7 Å².